The molecule has 174 valence electrons. The lowest BCUT2D eigenvalue weighted by Gasteiger charge is -2.32. The zero-order chi connectivity index (χ0) is 23.8. The number of rotatable bonds is 3. The molecule has 0 radical (unpaired) electrons. The van der Waals surface area contributed by atoms with E-state index < -0.39 is 12.1 Å². The van der Waals surface area contributed by atoms with Crippen molar-refractivity contribution in [3.8, 4) is 11.8 Å². The van der Waals surface area contributed by atoms with Crippen molar-refractivity contribution in [2.24, 2.45) is 5.92 Å². The summed E-state index contributed by atoms with van der Waals surface area (Å²) in [5, 5.41) is 4.76. The van der Waals surface area contributed by atoms with Gasteiger partial charge in [0.25, 0.3) is 0 Å². The fraction of sp³-hybridized carbons (Fsp3) is 0.360. The van der Waals surface area contributed by atoms with Gasteiger partial charge in [-0.25, -0.2) is 14.4 Å². The highest BCUT2D eigenvalue weighted by Crippen LogP contribution is 2.35. The number of hydrogen-bond acceptors (Lipinski definition) is 6. The summed E-state index contributed by atoms with van der Waals surface area (Å²) in [5.41, 5.74) is 2.84. The molecule has 3 aromatic rings. The molecule has 1 amide bonds. The Hall–Kier alpha value is -3.28. The largest absolute Gasteiger partial charge is 0.375 e. The molecular formula is C25H23ClFN5O2. The summed E-state index contributed by atoms with van der Waals surface area (Å²) in [5.74, 6) is 5.55. The molecule has 1 N–H and O–H groups in total. The van der Waals surface area contributed by atoms with E-state index in [0.717, 1.165) is 35.2 Å². The summed E-state index contributed by atoms with van der Waals surface area (Å²) in [6.45, 7) is 6.15. The van der Waals surface area contributed by atoms with Crippen molar-refractivity contribution in [2.75, 3.05) is 29.9 Å². The molecule has 1 saturated heterocycles. The molecule has 2 aliphatic rings. The first-order valence-corrected chi connectivity index (χ1v) is 11.5. The van der Waals surface area contributed by atoms with Crippen molar-refractivity contribution >= 4 is 39.8 Å². The van der Waals surface area contributed by atoms with Gasteiger partial charge in [0, 0.05) is 41.9 Å². The Labute approximate surface area is 201 Å². The maximum Gasteiger partial charge on any atom is 0.231 e. The number of carbonyl (C=O) groups excluding carboxylic acids is 1. The molecule has 5 rings (SSSR count). The smallest absolute Gasteiger partial charge is 0.231 e. The molecule has 34 heavy (non-hydrogen) atoms. The van der Waals surface area contributed by atoms with Gasteiger partial charge in [-0.2, -0.15) is 0 Å². The van der Waals surface area contributed by atoms with E-state index in [-0.39, 0.29) is 18.4 Å². The number of pyridine rings is 3. The number of aryl methyl sites for hydroxylation is 1. The highest BCUT2D eigenvalue weighted by molar-refractivity contribution is 6.31. The number of nitrogens with zero attached hydrogens (tertiary/aromatic N) is 4. The first kappa shape index (κ1) is 22.5. The standard InChI is InChI=1S/C25H23ClFN5O2/c1-14-13-32(5-6-34-14)17-7-21(26)23(29-11-17)4-3-16-10-28-15(2)20-12-30-24(9-18(16)20)31-25(33)19-8-22(19)27/h7,9-12,14,19,22H,5-6,8,13H2,1-2H3,(H,30,31,33)/t14-,19+,22-/m0/s1. The first-order valence-electron chi connectivity index (χ1n) is 11.1. The normalized spacial score (nSPS) is 21.6. The molecule has 2 fully saturated rings. The predicted octanol–water partition coefficient (Wildman–Crippen LogP) is 3.91. The Kier molecular flexibility index (Phi) is 6.07. The monoisotopic (exact) mass is 479 g/mol. The van der Waals surface area contributed by atoms with Crippen molar-refractivity contribution < 1.29 is 13.9 Å². The fourth-order valence-corrected chi connectivity index (χ4v) is 4.17. The number of anilines is 2. The summed E-state index contributed by atoms with van der Waals surface area (Å²) in [6.07, 6.45) is 4.43. The molecule has 0 bridgehead atoms. The van der Waals surface area contributed by atoms with Crippen LogP contribution in [0.4, 0.5) is 15.9 Å². The SMILES string of the molecule is Cc1ncc(C#Cc2ncc(N3CCO[C@@H](C)C3)cc2Cl)c2cc(NC(=O)[C@@H]3C[C@@H]3F)ncc12. The Morgan fingerprint density at radius 2 is 2.03 bits per heavy atom. The molecule has 3 atom stereocenters. The van der Waals surface area contributed by atoms with E-state index in [4.69, 9.17) is 16.3 Å². The van der Waals surface area contributed by atoms with E-state index in [9.17, 15) is 9.18 Å². The molecule has 1 saturated carbocycles. The van der Waals surface area contributed by atoms with Crippen molar-refractivity contribution in [1.29, 1.82) is 0 Å². The van der Waals surface area contributed by atoms with Crippen LogP contribution in [0.2, 0.25) is 5.02 Å². The minimum Gasteiger partial charge on any atom is -0.375 e. The average Bonchev–Trinajstić information content (AvgIpc) is 3.56. The van der Waals surface area contributed by atoms with Crippen LogP contribution in [0.3, 0.4) is 0 Å². The van der Waals surface area contributed by atoms with Gasteiger partial charge < -0.3 is 15.0 Å². The second-order valence-electron chi connectivity index (χ2n) is 8.62. The van der Waals surface area contributed by atoms with Crippen LogP contribution in [-0.4, -0.2) is 52.8 Å². The van der Waals surface area contributed by atoms with Gasteiger partial charge >= 0.3 is 0 Å². The van der Waals surface area contributed by atoms with Gasteiger partial charge in [-0.15, -0.1) is 0 Å². The van der Waals surface area contributed by atoms with Crippen molar-refractivity contribution in [3.63, 3.8) is 0 Å². The number of nitrogens with one attached hydrogen (secondary N) is 1. The van der Waals surface area contributed by atoms with E-state index in [2.05, 4.69) is 37.0 Å². The number of carbonyl (C=O) groups is 1. The summed E-state index contributed by atoms with van der Waals surface area (Å²) < 4.78 is 18.8. The lowest BCUT2D eigenvalue weighted by Crippen LogP contribution is -2.41. The molecule has 7 nitrogen and oxygen atoms in total. The summed E-state index contributed by atoms with van der Waals surface area (Å²) in [6, 6.07) is 3.61. The van der Waals surface area contributed by atoms with Gasteiger partial charge in [-0.1, -0.05) is 17.5 Å². The zero-order valence-electron chi connectivity index (χ0n) is 18.8. The number of halogens is 2. The number of aromatic nitrogens is 3. The second-order valence-corrected chi connectivity index (χ2v) is 9.03. The average molecular weight is 480 g/mol. The maximum atomic E-state index is 13.2. The quantitative estimate of drug-likeness (QED) is 0.574. The van der Waals surface area contributed by atoms with E-state index in [0.29, 0.717) is 28.7 Å². The number of amides is 1. The summed E-state index contributed by atoms with van der Waals surface area (Å²) in [4.78, 5) is 27.5. The minimum absolute atomic E-state index is 0.154. The van der Waals surface area contributed by atoms with E-state index in [1.807, 2.05) is 19.9 Å². The lowest BCUT2D eigenvalue weighted by molar-refractivity contribution is -0.117. The summed E-state index contributed by atoms with van der Waals surface area (Å²) in [7, 11) is 0. The Balaban J connectivity index is 1.42. The third kappa shape index (κ3) is 4.67. The fourth-order valence-electron chi connectivity index (χ4n) is 3.96. The van der Waals surface area contributed by atoms with Crippen LogP contribution in [0.1, 0.15) is 30.3 Å². The van der Waals surface area contributed by atoms with Crippen LogP contribution in [0.5, 0.6) is 0 Å². The molecule has 1 aliphatic carbocycles. The van der Waals surface area contributed by atoms with E-state index in [1.54, 1.807) is 24.7 Å². The van der Waals surface area contributed by atoms with E-state index >= 15 is 0 Å². The third-order valence-corrected chi connectivity index (χ3v) is 6.31. The molecule has 0 unspecified atom stereocenters. The highest BCUT2D eigenvalue weighted by atomic mass is 35.5. The first-order chi connectivity index (χ1) is 16.4. The van der Waals surface area contributed by atoms with Crippen molar-refractivity contribution in [2.45, 2.75) is 32.5 Å². The maximum absolute atomic E-state index is 13.2. The minimum atomic E-state index is -1.07. The van der Waals surface area contributed by atoms with Crippen LogP contribution in [0, 0.1) is 24.7 Å². The molecule has 1 aliphatic heterocycles. The van der Waals surface area contributed by atoms with Gasteiger partial charge in [0.1, 0.15) is 17.7 Å². The number of alkyl halides is 1. The van der Waals surface area contributed by atoms with Crippen LogP contribution in [-0.2, 0) is 9.53 Å². The van der Waals surface area contributed by atoms with Crippen molar-refractivity contribution in [1.82, 2.24) is 15.0 Å². The number of fused-ring (bicyclic) bond motifs is 1. The Morgan fingerprint density at radius 1 is 1.21 bits per heavy atom. The van der Waals surface area contributed by atoms with Crippen molar-refractivity contribution in [3.05, 3.63) is 52.7 Å². The van der Waals surface area contributed by atoms with Crippen LogP contribution in [0.25, 0.3) is 10.8 Å². The van der Waals surface area contributed by atoms with Gasteiger partial charge in [-0.05, 0) is 38.3 Å². The molecule has 3 aromatic heterocycles. The second kappa shape index (κ2) is 9.16. The van der Waals surface area contributed by atoms with E-state index in [1.165, 1.54) is 0 Å². The third-order valence-electron chi connectivity index (χ3n) is 6.02. The summed E-state index contributed by atoms with van der Waals surface area (Å²) >= 11 is 6.50. The number of hydrogen-bond donors (Lipinski definition) is 1. The van der Waals surface area contributed by atoms with Gasteiger partial charge in [-0.3, -0.25) is 9.78 Å². The molecular weight excluding hydrogens is 457 g/mol. The van der Waals surface area contributed by atoms with Gasteiger partial charge in [0.15, 0.2) is 0 Å². The predicted molar refractivity (Wildman–Crippen MR) is 129 cm³/mol. The van der Waals surface area contributed by atoms with Crippen LogP contribution < -0.4 is 10.2 Å². The van der Waals surface area contributed by atoms with Gasteiger partial charge in [0.2, 0.25) is 5.91 Å². The Bertz CT molecular complexity index is 1340. The number of morpholine rings is 1. The molecule has 0 spiro atoms. The molecule has 0 aromatic carbocycles. The van der Waals surface area contributed by atoms with Crippen LogP contribution >= 0.6 is 11.6 Å². The number of ether oxygens (including phenoxy) is 1. The molecule has 9 heteroatoms. The zero-order valence-corrected chi connectivity index (χ0v) is 19.6. The van der Waals surface area contributed by atoms with Crippen LogP contribution in [0.15, 0.2) is 30.7 Å². The highest BCUT2D eigenvalue weighted by Gasteiger charge is 2.43. The topological polar surface area (TPSA) is 80.2 Å². The molecule has 4 heterocycles. The Morgan fingerprint density at radius 3 is 2.76 bits per heavy atom. The lowest BCUT2D eigenvalue weighted by atomic mass is 10.1. The van der Waals surface area contributed by atoms with Gasteiger partial charge in [0.05, 0.1) is 41.1 Å².